The van der Waals surface area contributed by atoms with E-state index in [1.807, 2.05) is 18.2 Å². The molecule has 0 aliphatic carbocycles. The lowest BCUT2D eigenvalue weighted by molar-refractivity contribution is 0.0517. The van der Waals surface area contributed by atoms with Gasteiger partial charge in [-0.3, -0.25) is 5.41 Å². The molecule has 1 heterocycles. The molecule has 2 aromatic rings. The van der Waals surface area contributed by atoms with E-state index < -0.39 is 5.97 Å². The van der Waals surface area contributed by atoms with Crippen LogP contribution in [0.4, 0.5) is 0 Å². The molecular formula is C12H13N3O3S. The lowest BCUT2D eigenvalue weighted by Crippen LogP contribution is -2.14. The highest BCUT2D eigenvalue weighted by atomic mass is 32.1. The third-order valence-electron chi connectivity index (χ3n) is 2.33. The average Bonchev–Trinajstić information content (AvgIpc) is 2.81. The summed E-state index contributed by atoms with van der Waals surface area (Å²) < 4.78 is 11.5. The Hall–Kier alpha value is -2.15. The van der Waals surface area contributed by atoms with E-state index in [0.717, 1.165) is 17.2 Å². The number of methoxy groups -OCH3 is 1. The Labute approximate surface area is 113 Å². The summed E-state index contributed by atoms with van der Waals surface area (Å²) in [5, 5.41) is 11.8. The predicted octanol–water partition coefficient (Wildman–Crippen LogP) is 1.60. The Balaban J connectivity index is 2.38. The molecule has 0 fully saturated rings. The molecule has 1 N–H and O–H groups in total. The fraction of sp³-hybridized carbons (Fsp3) is 0.250. The van der Waals surface area contributed by atoms with Crippen LogP contribution in [0.3, 0.4) is 0 Å². The van der Waals surface area contributed by atoms with Crippen molar-refractivity contribution in [3.8, 4) is 11.4 Å². The zero-order valence-electron chi connectivity index (χ0n) is 10.5. The van der Waals surface area contributed by atoms with Crippen molar-refractivity contribution in [1.82, 2.24) is 9.17 Å². The lowest BCUT2D eigenvalue weighted by Gasteiger charge is -2.02. The first kappa shape index (κ1) is 13.3. The Kier molecular flexibility index (Phi) is 3.96. The number of nitrogens with one attached hydrogen (secondary N) is 1. The molecule has 0 unspecified atom stereocenters. The third kappa shape index (κ3) is 2.82. The van der Waals surface area contributed by atoms with Crippen LogP contribution in [-0.2, 0) is 4.74 Å². The lowest BCUT2D eigenvalue weighted by atomic mass is 10.3. The summed E-state index contributed by atoms with van der Waals surface area (Å²) >= 11 is 1.06. The van der Waals surface area contributed by atoms with Crippen LogP contribution in [0.2, 0.25) is 0 Å². The van der Waals surface area contributed by atoms with Crippen LogP contribution >= 0.6 is 11.5 Å². The monoisotopic (exact) mass is 279 g/mol. The molecule has 0 radical (unpaired) electrons. The summed E-state index contributed by atoms with van der Waals surface area (Å²) in [6, 6.07) is 7.22. The molecule has 1 aromatic heterocycles. The van der Waals surface area contributed by atoms with Crippen molar-refractivity contribution in [2.24, 2.45) is 0 Å². The first-order chi connectivity index (χ1) is 9.15. The van der Waals surface area contributed by atoms with Gasteiger partial charge in [-0.1, -0.05) is 6.07 Å². The second-order valence-corrected chi connectivity index (χ2v) is 4.50. The summed E-state index contributed by atoms with van der Waals surface area (Å²) in [6.07, 6.45) is 0. The summed E-state index contributed by atoms with van der Waals surface area (Å²) in [5.74, 6) is 0.106. The number of ether oxygens (including phenoxy) is 2. The number of carbonyl (C=O) groups is 1. The van der Waals surface area contributed by atoms with Gasteiger partial charge in [-0.25, -0.2) is 4.79 Å². The van der Waals surface area contributed by atoms with Gasteiger partial charge in [0, 0.05) is 6.07 Å². The van der Waals surface area contributed by atoms with Crippen molar-refractivity contribution < 1.29 is 14.3 Å². The number of carbonyl (C=O) groups excluding carboxylic acids is 1. The SMILES string of the molecule is CCOC(=O)c1nn(-c2cccc(OC)c2)sc1=N. The molecule has 0 saturated heterocycles. The van der Waals surface area contributed by atoms with Gasteiger partial charge in [0.15, 0.2) is 4.67 Å². The Morgan fingerprint density at radius 2 is 2.32 bits per heavy atom. The Morgan fingerprint density at radius 1 is 1.53 bits per heavy atom. The van der Waals surface area contributed by atoms with Crippen LogP contribution in [0, 0.1) is 5.41 Å². The van der Waals surface area contributed by atoms with Gasteiger partial charge in [-0.15, -0.1) is 5.10 Å². The minimum atomic E-state index is -0.578. The summed E-state index contributed by atoms with van der Waals surface area (Å²) in [5.41, 5.74) is 0.753. The van der Waals surface area contributed by atoms with Crippen molar-refractivity contribution in [2.75, 3.05) is 13.7 Å². The van der Waals surface area contributed by atoms with Crippen molar-refractivity contribution in [3.63, 3.8) is 0 Å². The van der Waals surface area contributed by atoms with Crippen LogP contribution in [0.5, 0.6) is 5.75 Å². The molecule has 0 saturated carbocycles. The van der Waals surface area contributed by atoms with E-state index in [2.05, 4.69) is 5.10 Å². The van der Waals surface area contributed by atoms with Gasteiger partial charge in [0.25, 0.3) is 0 Å². The van der Waals surface area contributed by atoms with Gasteiger partial charge < -0.3 is 9.47 Å². The number of nitrogens with zero attached hydrogens (tertiary/aromatic N) is 2. The van der Waals surface area contributed by atoms with Crippen molar-refractivity contribution in [3.05, 3.63) is 34.6 Å². The fourth-order valence-electron chi connectivity index (χ4n) is 1.46. The summed E-state index contributed by atoms with van der Waals surface area (Å²) in [4.78, 5) is 11.6. The second kappa shape index (κ2) is 5.66. The van der Waals surface area contributed by atoms with Gasteiger partial charge in [0.05, 0.1) is 19.4 Å². The molecule has 0 aliphatic heterocycles. The van der Waals surface area contributed by atoms with E-state index in [1.165, 1.54) is 4.07 Å². The standard InChI is InChI=1S/C12H13N3O3S/c1-3-18-12(16)10-11(13)19-15(14-10)8-5-4-6-9(7-8)17-2/h4-7,13H,3H2,1-2H3. The van der Waals surface area contributed by atoms with Gasteiger partial charge in [0.1, 0.15) is 5.75 Å². The van der Waals surface area contributed by atoms with Gasteiger partial charge in [0.2, 0.25) is 5.69 Å². The molecule has 6 nitrogen and oxygen atoms in total. The quantitative estimate of drug-likeness (QED) is 0.862. The molecule has 0 spiro atoms. The second-order valence-electron chi connectivity index (χ2n) is 3.56. The van der Waals surface area contributed by atoms with Gasteiger partial charge >= 0.3 is 5.97 Å². The number of aromatic nitrogens is 2. The molecule has 0 aliphatic rings. The van der Waals surface area contributed by atoms with E-state index in [-0.39, 0.29) is 17.0 Å². The van der Waals surface area contributed by atoms with E-state index in [9.17, 15) is 4.79 Å². The van der Waals surface area contributed by atoms with Gasteiger partial charge in [-0.2, -0.15) is 4.07 Å². The average molecular weight is 279 g/mol. The Bertz CT molecular complexity index is 648. The first-order valence-electron chi connectivity index (χ1n) is 5.62. The largest absolute Gasteiger partial charge is 0.497 e. The number of hydrogen-bond acceptors (Lipinski definition) is 6. The zero-order chi connectivity index (χ0) is 13.8. The zero-order valence-corrected chi connectivity index (χ0v) is 11.4. The van der Waals surface area contributed by atoms with Crippen LogP contribution in [0.25, 0.3) is 5.69 Å². The van der Waals surface area contributed by atoms with Crippen molar-refractivity contribution >= 4 is 17.5 Å². The first-order valence-corrected chi connectivity index (χ1v) is 6.40. The predicted molar refractivity (Wildman–Crippen MR) is 69.8 cm³/mol. The minimum absolute atomic E-state index is 0.0228. The summed E-state index contributed by atoms with van der Waals surface area (Å²) in [7, 11) is 1.57. The fourth-order valence-corrected chi connectivity index (χ4v) is 2.18. The Morgan fingerprint density at radius 3 is 3.00 bits per heavy atom. The highest BCUT2D eigenvalue weighted by Crippen LogP contribution is 2.16. The molecule has 100 valence electrons. The highest BCUT2D eigenvalue weighted by Gasteiger charge is 2.15. The number of rotatable bonds is 4. The molecule has 0 bridgehead atoms. The maximum absolute atomic E-state index is 11.6. The maximum Gasteiger partial charge on any atom is 0.362 e. The van der Waals surface area contributed by atoms with E-state index in [4.69, 9.17) is 14.9 Å². The molecular weight excluding hydrogens is 266 g/mol. The van der Waals surface area contributed by atoms with E-state index in [0.29, 0.717) is 5.75 Å². The van der Waals surface area contributed by atoms with Crippen molar-refractivity contribution in [1.29, 1.82) is 5.41 Å². The molecule has 0 amide bonds. The van der Waals surface area contributed by atoms with Gasteiger partial charge in [-0.05, 0) is 30.6 Å². The van der Waals surface area contributed by atoms with Crippen LogP contribution in [0.1, 0.15) is 17.4 Å². The normalized spacial score (nSPS) is 10.2. The molecule has 1 aromatic carbocycles. The minimum Gasteiger partial charge on any atom is -0.497 e. The van der Waals surface area contributed by atoms with Crippen LogP contribution in [0.15, 0.2) is 24.3 Å². The molecule has 0 atom stereocenters. The highest BCUT2D eigenvalue weighted by molar-refractivity contribution is 7.04. The van der Waals surface area contributed by atoms with E-state index in [1.54, 1.807) is 20.1 Å². The van der Waals surface area contributed by atoms with Crippen LogP contribution in [-0.4, -0.2) is 28.9 Å². The summed E-state index contributed by atoms with van der Waals surface area (Å²) in [6.45, 7) is 1.97. The molecule has 7 heteroatoms. The molecule has 19 heavy (non-hydrogen) atoms. The molecule has 2 rings (SSSR count). The van der Waals surface area contributed by atoms with E-state index >= 15 is 0 Å². The number of benzene rings is 1. The van der Waals surface area contributed by atoms with Crippen LogP contribution < -0.4 is 9.41 Å². The van der Waals surface area contributed by atoms with Crippen molar-refractivity contribution in [2.45, 2.75) is 6.92 Å². The topological polar surface area (TPSA) is 77.2 Å². The number of esters is 1. The maximum atomic E-state index is 11.6. The number of hydrogen-bond donors (Lipinski definition) is 1. The smallest absolute Gasteiger partial charge is 0.362 e. The third-order valence-corrected chi connectivity index (χ3v) is 3.17.